The molecule has 2 saturated heterocycles. The fourth-order valence-corrected chi connectivity index (χ4v) is 3.55. The summed E-state index contributed by atoms with van der Waals surface area (Å²) in [6.45, 7) is 5.89. The maximum Gasteiger partial charge on any atom is 0.196 e. The lowest BCUT2D eigenvalue weighted by molar-refractivity contribution is 0.256. The van der Waals surface area contributed by atoms with Gasteiger partial charge in [0.2, 0.25) is 0 Å². The second-order valence-corrected chi connectivity index (χ2v) is 6.82. The Bertz CT molecular complexity index is 261. The molecule has 0 saturated carbocycles. The lowest BCUT2D eigenvalue weighted by Gasteiger charge is -2.38. The molecule has 0 amide bonds. The fraction of sp³-hybridized carbons (Fsp3) is 0.938. The Morgan fingerprint density at radius 3 is 1.80 bits per heavy atom. The Morgan fingerprint density at radius 2 is 1.30 bits per heavy atom. The molecular weight excluding hydrogens is 314 g/mol. The number of piperidine rings is 2. The van der Waals surface area contributed by atoms with Gasteiger partial charge in [-0.2, -0.15) is 0 Å². The molecule has 0 aliphatic carbocycles. The normalized spacial score (nSPS) is 20.1. The third-order valence-electron chi connectivity index (χ3n) is 4.32. The van der Waals surface area contributed by atoms with E-state index >= 15 is 0 Å². The van der Waals surface area contributed by atoms with E-state index in [0.717, 1.165) is 11.9 Å². The van der Waals surface area contributed by atoms with Gasteiger partial charge in [-0.1, -0.05) is 22.4 Å². The Labute approximate surface area is 132 Å². The van der Waals surface area contributed by atoms with Crippen LogP contribution in [0.5, 0.6) is 0 Å². The number of hydrogen-bond acceptors (Lipinski definition) is 1. The van der Waals surface area contributed by atoms with Crippen LogP contribution < -0.4 is 0 Å². The minimum atomic E-state index is 1.01. The van der Waals surface area contributed by atoms with Gasteiger partial charge in [0.1, 0.15) is 0 Å². The van der Waals surface area contributed by atoms with Crippen LogP contribution in [0.1, 0.15) is 57.8 Å². The van der Waals surface area contributed by atoms with Gasteiger partial charge in [0, 0.05) is 38.1 Å². The SMILES string of the molecule is BrCCCCCN=C(N1CCCCC1)N1CCCCC1. The van der Waals surface area contributed by atoms with Gasteiger partial charge >= 0.3 is 0 Å². The van der Waals surface area contributed by atoms with Crippen molar-refractivity contribution in [2.45, 2.75) is 57.8 Å². The van der Waals surface area contributed by atoms with Gasteiger partial charge in [-0.25, -0.2) is 0 Å². The minimum Gasteiger partial charge on any atom is -0.343 e. The van der Waals surface area contributed by atoms with Crippen molar-refractivity contribution in [1.29, 1.82) is 0 Å². The van der Waals surface area contributed by atoms with Crippen molar-refractivity contribution in [3.05, 3.63) is 0 Å². The Kier molecular flexibility index (Phi) is 7.78. The number of nitrogens with zero attached hydrogens (tertiary/aromatic N) is 3. The lowest BCUT2D eigenvalue weighted by atomic mass is 10.1. The minimum absolute atomic E-state index is 1.01. The molecule has 2 heterocycles. The Balaban J connectivity index is 1.89. The lowest BCUT2D eigenvalue weighted by Crippen LogP contribution is -2.48. The molecule has 0 spiro atoms. The zero-order valence-corrected chi connectivity index (χ0v) is 14.4. The number of halogens is 1. The summed E-state index contributed by atoms with van der Waals surface area (Å²) in [4.78, 5) is 10.1. The largest absolute Gasteiger partial charge is 0.343 e. The van der Waals surface area contributed by atoms with Crippen LogP contribution in [0.2, 0.25) is 0 Å². The average molecular weight is 344 g/mol. The molecule has 0 N–H and O–H groups in total. The highest BCUT2D eigenvalue weighted by Crippen LogP contribution is 2.16. The first-order valence-electron chi connectivity index (χ1n) is 8.52. The van der Waals surface area contributed by atoms with Crippen molar-refractivity contribution in [2.75, 3.05) is 38.1 Å². The smallest absolute Gasteiger partial charge is 0.196 e. The number of likely N-dealkylation sites (tertiary alicyclic amines) is 2. The summed E-state index contributed by atoms with van der Waals surface area (Å²) in [5.74, 6) is 1.32. The van der Waals surface area contributed by atoms with Crippen LogP contribution in [0, 0.1) is 0 Å². The summed E-state index contributed by atoms with van der Waals surface area (Å²) >= 11 is 3.50. The van der Waals surface area contributed by atoms with E-state index < -0.39 is 0 Å². The molecule has 0 atom stereocenters. The molecule has 116 valence electrons. The summed E-state index contributed by atoms with van der Waals surface area (Å²) in [6, 6.07) is 0. The number of rotatable bonds is 5. The zero-order chi connectivity index (χ0) is 14.0. The summed E-state index contributed by atoms with van der Waals surface area (Å²) in [5, 5.41) is 1.13. The number of aliphatic imine (C=N–C) groups is 1. The molecule has 2 fully saturated rings. The highest BCUT2D eigenvalue weighted by atomic mass is 79.9. The first-order valence-corrected chi connectivity index (χ1v) is 9.64. The summed E-state index contributed by atoms with van der Waals surface area (Å²) in [5.41, 5.74) is 0. The molecule has 0 aromatic heterocycles. The molecule has 0 aromatic carbocycles. The van der Waals surface area contributed by atoms with Crippen LogP contribution in [0.15, 0.2) is 4.99 Å². The highest BCUT2D eigenvalue weighted by molar-refractivity contribution is 9.09. The first kappa shape index (κ1) is 16.1. The van der Waals surface area contributed by atoms with E-state index in [2.05, 4.69) is 25.7 Å². The van der Waals surface area contributed by atoms with Crippen molar-refractivity contribution in [3.8, 4) is 0 Å². The van der Waals surface area contributed by atoms with Crippen LogP contribution in [-0.2, 0) is 0 Å². The first-order chi connectivity index (χ1) is 9.92. The maximum absolute atomic E-state index is 5.00. The molecule has 0 unspecified atom stereocenters. The van der Waals surface area contributed by atoms with Gasteiger partial charge in [0.05, 0.1) is 0 Å². The van der Waals surface area contributed by atoms with E-state index in [0.29, 0.717) is 0 Å². The second-order valence-electron chi connectivity index (χ2n) is 6.03. The number of guanidine groups is 1. The molecule has 4 heteroatoms. The van der Waals surface area contributed by atoms with Gasteiger partial charge in [-0.15, -0.1) is 0 Å². The highest BCUT2D eigenvalue weighted by Gasteiger charge is 2.21. The molecular formula is C16H30BrN3. The molecule has 3 nitrogen and oxygen atoms in total. The molecule has 20 heavy (non-hydrogen) atoms. The van der Waals surface area contributed by atoms with E-state index in [1.807, 2.05) is 0 Å². The number of hydrogen-bond donors (Lipinski definition) is 0. The van der Waals surface area contributed by atoms with Gasteiger partial charge in [0.25, 0.3) is 0 Å². The molecule has 0 bridgehead atoms. The van der Waals surface area contributed by atoms with Gasteiger partial charge in [-0.05, 0) is 51.4 Å². The van der Waals surface area contributed by atoms with Crippen molar-refractivity contribution >= 4 is 21.9 Å². The predicted octanol–water partition coefficient (Wildman–Crippen LogP) is 3.88. The second kappa shape index (κ2) is 9.64. The van der Waals surface area contributed by atoms with Gasteiger partial charge in [0.15, 0.2) is 5.96 Å². The summed E-state index contributed by atoms with van der Waals surface area (Å²) in [6.07, 6.45) is 12.0. The third-order valence-corrected chi connectivity index (χ3v) is 4.88. The van der Waals surface area contributed by atoms with E-state index in [9.17, 15) is 0 Å². The van der Waals surface area contributed by atoms with Gasteiger partial charge < -0.3 is 9.80 Å². The molecule has 2 aliphatic heterocycles. The van der Waals surface area contributed by atoms with Crippen LogP contribution in [0.25, 0.3) is 0 Å². The van der Waals surface area contributed by atoms with E-state index in [-0.39, 0.29) is 0 Å². The third kappa shape index (κ3) is 5.27. The Morgan fingerprint density at radius 1 is 0.750 bits per heavy atom. The van der Waals surface area contributed by atoms with Crippen LogP contribution >= 0.6 is 15.9 Å². The van der Waals surface area contributed by atoms with Crippen molar-refractivity contribution in [3.63, 3.8) is 0 Å². The molecule has 2 rings (SSSR count). The van der Waals surface area contributed by atoms with Crippen LogP contribution in [0.4, 0.5) is 0 Å². The van der Waals surface area contributed by atoms with Crippen LogP contribution in [0.3, 0.4) is 0 Å². The van der Waals surface area contributed by atoms with Crippen molar-refractivity contribution < 1.29 is 0 Å². The summed E-state index contributed by atoms with van der Waals surface area (Å²) < 4.78 is 0. The maximum atomic E-state index is 5.00. The monoisotopic (exact) mass is 343 g/mol. The fourth-order valence-electron chi connectivity index (χ4n) is 3.15. The van der Waals surface area contributed by atoms with Crippen molar-refractivity contribution in [1.82, 2.24) is 9.80 Å². The van der Waals surface area contributed by atoms with E-state index in [1.54, 1.807) is 0 Å². The molecule has 0 aromatic rings. The van der Waals surface area contributed by atoms with E-state index in [1.165, 1.54) is 89.9 Å². The topological polar surface area (TPSA) is 18.8 Å². The predicted molar refractivity (Wildman–Crippen MR) is 90.8 cm³/mol. The molecule has 0 radical (unpaired) electrons. The number of unbranched alkanes of at least 4 members (excludes halogenated alkanes) is 2. The van der Waals surface area contributed by atoms with Gasteiger partial charge in [-0.3, -0.25) is 4.99 Å². The Hall–Kier alpha value is -0.250. The van der Waals surface area contributed by atoms with Crippen LogP contribution in [-0.4, -0.2) is 53.8 Å². The standard InChI is InChI=1S/C16H30BrN3/c17-10-4-1-5-11-18-16(19-12-6-2-7-13-19)20-14-8-3-9-15-20/h1-15H2. The van der Waals surface area contributed by atoms with E-state index in [4.69, 9.17) is 4.99 Å². The zero-order valence-electron chi connectivity index (χ0n) is 12.8. The van der Waals surface area contributed by atoms with Crippen molar-refractivity contribution in [2.24, 2.45) is 4.99 Å². The molecule has 2 aliphatic rings. The average Bonchev–Trinajstić information content (AvgIpc) is 2.53. The number of alkyl halides is 1. The quantitative estimate of drug-likeness (QED) is 0.326. The summed E-state index contributed by atoms with van der Waals surface area (Å²) in [7, 11) is 0.